The molecule has 5 rings (SSSR count). The predicted octanol–water partition coefficient (Wildman–Crippen LogP) is -10.4. The molecule has 14 N–H and O–H groups in total. The zero-order valence-corrected chi connectivity index (χ0v) is 36.2. The Bertz CT molecular complexity index is 1580. The van der Waals surface area contributed by atoms with Gasteiger partial charge in [0.2, 0.25) is 37.7 Å². The lowest BCUT2D eigenvalue weighted by molar-refractivity contribution is -0.399. The Morgan fingerprint density at radius 2 is 0.871 bits per heavy atom. The topological polar surface area (TPSA) is 515 Å². The summed E-state index contributed by atoms with van der Waals surface area (Å²) < 4.78 is 75.2. The number of rotatable bonds is 23. The highest BCUT2D eigenvalue weighted by atomic mass is 16.8. The quantitative estimate of drug-likeness (QED) is 0.0257. The van der Waals surface area contributed by atoms with Crippen LogP contribution in [-0.4, -0.2) is 260 Å². The van der Waals surface area contributed by atoms with Gasteiger partial charge < -0.3 is 138 Å². The molecule has 5 heterocycles. The first-order chi connectivity index (χ1) is 32.9. The van der Waals surface area contributed by atoms with Gasteiger partial charge in [0.15, 0.2) is 43.7 Å². The molecule has 0 aromatic carbocycles. The number of aliphatic hydroxyl groups is 12. The number of hydrogen-bond donors (Lipinski definition) is 12. The Morgan fingerprint density at radius 3 is 1.30 bits per heavy atom. The van der Waals surface area contributed by atoms with Crippen LogP contribution in [0.15, 0.2) is 0 Å². The SMILES string of the molecule is CCC(O)[C@H](O[C@@H]1OC(OC=O)[C@@H](O[C@H]2CC(O)[C@H](O)[C@H](OC=O)O2)[C@H](O)C1O)[C@@H](O)OC=O.O.O=COC1O[C@@H](O[C@H]2C(O)C[C@H](O)O[C@H]2OC=O)C(O)[C@@H](O)[C@@H]1O[C@H]1CC(O)[C@H](O)[C@H](OC=O)O1. The maximum atomic E-state index is 11.0. The van der Waals surface area contributed by atoms with E-state index in [1.165, 1.54) is 6.92 Å². The van der Waals surface area contributed by atoms with Crippen molar-refractivity contribution in [3.8, 4) is 0 Å². The van der Waals surface area contributed by atoms with Gasteiger partial charge in [-0.15, -0.1) is 0 Å². The summed E-state index contributed by atoms with van der Waals surface area (Å²) in [4.78, 5) is 64.4. The Balaban J connectivity index is 0.000000365. The van der Waals surface area contributed by atoms with Crippen molar-refractivity contribution in [1.82, 2.24) is 0 Å². The van der Waals surface area contributed by atoms with Gasteiger partial charge in [-0.05, 0) is 6.42 Å². The molecule has 0 spiro atoms. The van der Waals surface area contributed by atoms with E-state index in [-0.39, 0.29) is 70.0 Å². The van der Waals surface area contributed by atoms with Crippen LogP contribution in [0.5, 0.6) is 0 Å². The summed E-state index contributed by atoms with van der Waals surface area (Å²) >= 11 is 0. The smallest absolute Gasteiger partial charge is 0.295 e. The van der Waals surface area contributed by atoms with Gasteiger partial charge in [-0.2, -0.15) is 0 Å². The molecule has 70 heavy (non-hydrogen) atoms. The minimum atomic E-state index is -1.97. The largest absolute Gasteiger partial charge is 0.435 e. The first-order valence-electron chi connectivity index (χ1n) is 20.5. The highest BCUT2D eigenvalue weighted by Gasteiger charge is 2.54. The first kappa shape index (κ1) is 60.2. The maximum Gasteiger partial charge on any atom is 0.295 e. The summed E-state index contributed by atoms with van der Waals surface area (Å²) in [5.74, 6) is 0. The molecular weight excluding hydrogens is 976 g/mol. The number of ether oxygens (including phenoxy) is 15. The van der Waals surface area contributed by atoms with Crippen LogP contribution in [0.25, 0.3) is 0 Å². The van der Waals surface area contributed by atoms with E-state index in [2.05, 4.69) is 18.9 Å². The molecule has 0 aromatic rings. The molecule has 8 unspecified atom stereocenters. The van der Waals surface area contributed by atoms with E-state index in [4.69, 9.17) is 52.1 Å². The van der Waals surface area contributed by atoms with Gasteiger partial charge in [0.1, 0.15) is 48.8 Å². The second kappa shape index (κ2) is 28.8. The van der Waals surface area contributed by atoms with E-state index < -0.39 is 155 Å². The molecule has 5 fully saturated rings. The summed E-state index contributed by atoms with van der Waals surface area (Å²) in [6.45, 7) is 1.19. The standard InChI is InChI=1S/C18H26O17.C18H28O16.H2O/c19-3-28-15-10(25)6(22)2-9(33-15)32-14-11(26)12(27)16(35-18(14)30-5-21)34-13-7(23)1-8(24)31-17(13)29-4-20;1-2-7(22)13(15(27)28-4-19)33-17-12(26)11(25)14(18(34-17)30-6-21)31-9-3-8(23)10(24)16(32-9)29-5-20;/h3-18,22-27H,1-2H2;4-18,22-27H,2-3H2,1H3;1H2/t6?,7?,8-,9-,10+,11-,12?,13+,14+,15-,16-,17-,18?;7?,8?,9-,10+,11-,12?,13+,14+,15+,16-,17-,18?;/m11./s1. The predicted molar refractivity (Wildman–Crippen MR) is 202 cm³/mol. The van der Waals surface area contributed by atoms with Gasteiger partial charge in [-0.3, -0.25) is 28.8 Å². The van der Waals surface area contributed by atoms with Crippen LogP contribution in [0.3, 0.4) is 0 Å². The Labute approximate surface area is 392 Å². The third-order valence-electron chi connectivity index (χ3n) is 10.6. The highest BCUT2D eigenvalue weighted by molar-refractivity contribution is 5.39. The number of carbonyl (C=O) groups excluding carboxylic acids is 6. The summed E-state index contributed by atoms with van der Waals surface area (Å²) in [6, 6.07) is 0. The van der Waals surface area contributed by atoms with Gasteiger partial charge in [0.25, 0.3) is 38.8 Å². The Morgan fingerprint density at radius 1 is 0.457 bits per heavy atom. The lowest BCUT2D eigenvalue weighted by Gasteiger charge is -2.45. The molecule has 5 aliphatic heterocycles. The molecule has 0 aliphatic carbocycles. The van der Waals surface area contributed by atoms with Crippen molar-refractivity contribution >= 4 is 38.8 Å². The zero-order valence-electron chi connectivity index (χ0n) is 36.2. The van der Waals surface area contributed by atoms with Gasteiger partial charge in [-0.25, -0.2) is 0 Å². The lowest BCUT2D eigenvalue weighted by Crippen LogP contribution is -2.63. The molecule has 34 heteroatoms. The number of aliphatic hydroxyl groups excluding tert-OH is 12. The second-order valence-corrected chi connectivity index (χ2v) is 15.1. The molecule has 5 aliphatic rings. The second-order valence-electron chi connectivity index (χ2n) is 15.1. The molecule has 5 saturated heterocycles. The fraction of sp³-hybridized carbons (Fsp3) is 0.833. The summed E-state index contributed by atoms with van der Waals surface area (Å²) in [6.07, 6.45) is -42.4. The van der Waals surface area contributed by atoms with Crippen molar-refractivity contribution in [2.24, 2.45) is 0 Å². The highest BCUT2D eigenvalue weighted by Crippen LogP contribution is 2.34. The van der Waals surface area contributed by atoms with Crippen LogP contribution in [0.2, 0.25) is 0 Å². The first-order valence-corrected chi connectivity index (χ1v) is 20.5. The van der Waals surface area contributed by atoms with Gasteiger partial charge in [0.05, 0.1) is 24.4 Å². The average Bonchev–Trinajstić information content (AvgIpc) is 3.30. The zero-order chi connectivity index (χ0) is 51.1. The number of hydrogen-bond acceptors (Lipinski definition) is 33. The minimum Gasteiger partial charge on any atom is -0.435 e. The van der Waals surface area contributed by atoms with Crippen LogP contribution in [0, 0.1) is 0 Å². The molecular formula is C36H56O34. The van der Waals surface area contributed by atoms with Crippen LogP contribution in [-0.2, 0) is 99.8 Å². The van der Waals surface area contributed by atoms with Crippen molar-refractivity contribution < 1.29 is 167 Å². The van der Waals surface area contributed by atoms with Crippen LogP contribution in [0.4, 0.5) is 0 Å². The van der Waals surface area contributed by atoms with E-state index in [1.807, 2.05) is 0 Å². The van der Waals surface area contributed by atoms with E-state index in [0.717, 1.165) is 0 Å². The van der Waals surface area contributed by atoms with E-state index in [9.17, 15) is 90.0 Å². The molecule has 0 amide bonds. The van der Waals surface area contributed by atoms with Crippen LogP contribution < -0.4 is 0 Å². The van der Waals surface area contributed by atoms with E-state index >= 15 is 0 Å². The minimum absolute atomic E-state index is 0. The van der Waals surface area contributed by atoms with Crippen LogP contribution in [0.1, 0.15) is 32.6 Å². The maximum absolute atomic E-state index is 11.0. The van der Waals surface area contributed by atoms with E-state index in [1.54, 1.807) is 0 Å². The molecule has 0 aromatic heterocycles. The van der Waals surface area contributed by atoms with Crippen molar-refractivity contribution in [2.75, 3.05) is 0 Å². The summed E-state index contributed by atoms with van der Waals surface area (Å²) in [5.41, 5.74) is 0. The Hall–Kier alpha value is -4.06. The van der Waals surface area contributed by atoms with Crippen LogP contribution >= 0.6 is 0 Å². The molecule has 34 nitrogen and oxygen atoms in total. The third-order valence-corrected chi connectivity index (χ3v) is 10.6. The fourth-order valence-electron chi connectivity index (χ4n) is 7.08. The van der Waals surface area contributed by atoms with Gasteiger partial charge in [-0.1, -0.05) is 6.92 Å². The average molecular weight is 1030 g/mol. The summed E-state index contributed by atoms with van der Waals surface area (Å²) in [7, 11) is 0. The lowest BCUT2D eigenvalue weighted by atomic mass is 10.0. The third kappa shape index (κ3) is 15.5. The molecule has 404 valence electrons. The molecule has 0 bridgehead atoms. The molecule has 0 radical (unpaired) electrons. The fourth-order valence-corrected chi connectivity index (χ4v) is 7.08. The van der Waals surface area contributed by atoms with Crippen molar-refractivity contribution in [3.05, 3.63) is 0 Å². The molecule has 0 saturated carbocycles. The van der Waals surface area contributed by atoms with E-state index in [0.29, 0.717) is 0 Å². The van der Waals surface area contributed by atoms with Crippen molar-refractivity contribution in [2.45, 2.75) is 187 Å². The van der Waals surface area contributed by atoms with Crippen molar-refractivity contribution in [1.29, 1.82) is 0 Å². The van der Waals surface area contributed by atoms with Crippen molar-refractivity contribution in [3.63, 3.8) is 0 Å². The van der Waals surface area contributed by atoms with Gasteiger partial charge in [0, 0.05) is 19.3 Å². The molecule has 25 atom stereocenters. The van der Waals surface area contributed by atoms with Gasteiger partial charge >= 0.3 is 0 Å². The number of carbonyl (C=O) groups is 6. The monoisotopic (exact) mass is 1030 g/mol. The normalized spacial score (nSPS) is 42.0. The summed E-state index contributed by atoms with van der Waals surface area (Å²) in [5, 5.41) is 121. The Kier molecular flexibility index (Phi) is 24.8.